The highest BCUT2D eigenvalue weighted by molar-refractivity contribution is 4.95. The maximum atomic E-state index is 11.8. The molecule has 2 aliphatic heterocycles. The first-order chi connectivity index (χ1) is 15.2. The second kappa shape index (κ2) is 12.2. The average Bonchev–Trinajstić information content (AvgIpc) is 2.79. The Balaban J connectivity index is 2.21. The maximum absolute atomic E-state index is 11.8. The number of hydrogen-bond donors (Lipinski definition) is 5. The fourth-order valence-corrected chi connectivity index (χ4v) is 3.75. The van der Waals surface area contributed by atoms with Gasteiger partial charge in [0, 0.05) is 19.2 Å². The molecule has 32 heavy (non-hydrogen) atoms. The summed E-state index contributed by atoms with van der Waals surface area (Å²) in [7, 11) is 2.65. The van der Waals surface area contributed by atoms with E-state index in [2.05, 4.69) is 5.28 Å². The van der Waals surface area contributed by atoms with Gasteiger partial charge in [-0.25, -0.2) is 0 Å². The molecule has 0 bridgehead atoms. The lowest BCUT2D eigenvalue weighted by atomic mass is 9.94. The highest BCUT2D eigenvalue weighted by Crippen LogP contribution is 2.30. The molecular formula is C17H32N3O12-. The lowest BCUT2D eigenvalue weighted by molar-refractivity contribution is -0.693. The van der Waals surface area contributed by atoms with Crippen LogP contribution in [-0.2, 0) is 23.7 Å². The van der Waals surface area contributed by atoms with E-state index < -0.39 is 67.8 Å². The molecule has 5 N–H and O–H groups in total. The van der Waals surface area contributed by atoms with Crippen molar-refractivity contribution in [3.63, 3.8) is 0 Å². The van der Waals surface area contributed by atoms with E-state index >= 15 is 0 Å². The molecule has 188 valence electrons. The van der Waals surface area contributed by atoms with Crippen LogP contribution in [0.1, 0.15) is 6.92 Å². The van der Waals surface area contributed by atoms with Crippen molar-refractivity contribution in [2.75, 3.05) is 40.5 Å². The highest BCUT2D eigenvalue weighted by Gasteiger charge is 2.50. The highest BCUT2D eigenvalue weighted by atomic mass is 16.7. The molecule has 0 spiro atoms. The number of methoxy groups -OCH3 is 2. The summed E-state index contributed by atoms with van der Waals surface area (Å²) in [5.41, 5.74) is 0. The molecule has 0 saturated carbocycles. The Labute approximate surface area is 184 Å². The van der Waals surface area contributed by atoms with Crippen molar-refractivity contribution in [3.8, 4) is 0 Å². The third-order valence-corrected chi connectivity index (χ3v) is 5.56. The van der Waals surface area contributed by atoms with E-state index in [9.17, 15) is 35.9 Å². The SMILES string of the molecule is COCCN(C[C@H]1O[C@H](OC2[C@@H](CO)O[C@H](C)[C@H](O)[C@H]2O)[C@H](O)[C@@H](O)[C@@H]1OC)/[N+]([O-])=N/[O-]. The Kier molecular flexibility index (Phi) is 10.2. The van der Waals surface area contributed by atoms with E-state index in [1.807, 2.05) is 0 Å². The number of aliphatic hydroxyl groups is 5. The number of nitrogens with zero attached hydrogens (tertiary/aromatic N) is 3. The topological polar surface area (TPSA) is 212 Å². The molecule has 2 rings (SSSR count). The molecule has 0 radical (unpaired) electrons. The molecule has 2 heterocycles. The number of rotatable bonds is 10. The van der Waals surface area contributed by atoms with Crippen LogP contribution in [-0.4, -0.2) is 137 Å². The van der Waals surface area contributed by atoms with Crippen LogP contribution in [0.5, 0.6) is 0 Å². The predicted octanol–water partition coefficient (Wildman–Crippen LogP) is -3.34. The van der Waals surface area contributed by atoms with E-state index in [0.29, 0.717) is 0 Å². The zero-order valence-corrected chi connectivity index (χ0v) is 18.0. The molecule has 2 saturated heterocycles. The summed E-state index contributed by atoms with van der Waals surface area (Å²) in [6.45, 7) is 0.677. The van der Waals surface area contributed by atoms with Gasteiger partial charge >= 0.3 is 0 Å². The largest absolute Gasteiger partial charge is 0.737 e. The minimum absolute atomic E-state index is 0.0436. The molecule has 0 aromatic heterocycles. The first kappa shape index (κ1) is 26.8. The van der Waals surface area contributed by atoms with Gasteiger partial charge in [0.1, 0.15) is 61.9 Å². The summed E-state index contributed by atoms with van der Waals surface area (Å²) in [5.74, 6) is 0. The van der Waals surface area contributed by atoms with Gasteiger partial charge < -0.3 is 59.6 Å². The zero-order valence-electron chi connectivity index (χ0n) is 18.0. The lowest BCUT2D eigenvalue weighted by Crippen LogP contribution is -2.65. The molecule has 0 amide bonds. The Hall–Kier alpha value is -1.40. The van der Waals surface area contributed by atoms with Gasteiger partial charge in [-0.2, -0.15) is 0 Å². The standard InChI is InChI=1S/C17H33N3O12/c1-8-11(22)12(23)16(10(7-21)30-8)32-17-14(25)13(24)15(29-3)9(31-17)6-19(4-5-28-2)20(27)18-26/h8-17,21-26H,4-7H2,1-3H3/p-1/b20-18-/t8-,9-,10-,11+,12-,13-,14-,15-,16?,17-/m1/s1. The van der Waals surface area contributed by atoms with Crippen molar-refractivity contribution in [2.24, 2.45) is 5.28 Å². The van der Waals surface area contributed by atoms with Crippen LogP contribution >= 0.6 is 0 Å². The van der Waals surface area contributed by atoms with E-state index in [-0.39, 0.29) is 24.7 Å². The van der Waals surface area contributed by atoms with Crippen LogP contribution < -0.4 is 0 Å². The van der Waals surface area contributed by atoms with E-state index in [4.69, 9.17) is 23.7 Å². The van der Waals surface area contributed by atoms with Gasteiger partial charge in [0.25, 0.3) is 0 Å². The summed E-state index contributed by atoms with van der Waals surface area (Å²) in [6, 6.07) is 0. The fraction of sp³-hybridized carbons (Fsp3) is 1.00. The van der Waals surface area contributed by atoms with E-state index in [1.165, 1.54) is 21.1 Å². The van der Waals surface area contributed by atoms with E-state index in [1.54, 1.807) is 0 Å². The second-order valence-corrected chi connectivity index (χ2v) is 7.61. The van der Waals surface area contributed by atoms with Gasteiger partial charge in [-0.3, -0.25) is 0 Å². The van der Waals surface area contributed by atoms with Crippen LogP contribution in [0.3, 0.4) is 0 Å². The van der Waals surface area contributed by atoms with Crippen molar-refractivity contribution >= 4 is 0 Å². The third-order valence-electron chi connectivity index (χ3n) is 5.56. The predicted molar refractivity (Wildman–Crippen MR) is 103 cm³/mol. The summed E-state index contributed by atoms with van der Waals surface area (Å²) in [4.78, 5) is -0.208. The smallest absolute Gasteiger partial charge is 0.187 e. The van der Waals surface area contributed by atoms with Crippen LogP contribution in [0.25, 0.3) is 0 Å². The van der Waals surface area contributed by atoms with Crippen molar-refractivity contribution in [2.45, 2.75) is 68.1 Å². The van der Waals surface area contributed by atoms with Gasteiger partial charge in [0.05, 0.1) is 19.3 Å². The Bertz CT molecular complexity index is 599. The molecule has 1 unspecified atom stereocenters. The van der Waals surface area contributed by atoms with Crippen molar-refractivity contribution in [3.05, 3.63) is 10.4 Å². The number of aliphatic hydroxyl groups excluding tert-OH is 5. The van der Waals surface area contributed by atoms with E-state index in [0.717, 1.165) is 5.01 Å². The maximum Gasteiger partial charge on any atom is 0.187 e. The van der Waals surface area contributed by atoms with Crippen molar-refractivity contribution < 1.29 is 54.2 Å². The second-order valence-electron chi connectivity index (χ2n) is 7.61. The zero-order chi connectivity index (χ0) is 24.0. The Morgan fingerprint density at radius 2 is 1.66 bits per heavy atom. The monoisotopic (exact) mass is 470 g/mol. The molecule has 15 nitrogen and oxygen atoms in total. The molecule has 0 aliphatic carbocycles. The molecule has 2 aliphatic rings. The van der Waals surface area contributed by atoms with Gasteiger partial charge in [-0.05, 0) is 12.2 Å². The summed E-state index contributed by atoms with van der Waals surface area (Å²) < 4.78 is 26.9. The van der Waals surface area contributed by atoms with Gasteiger partial charge in [0.15, 0.2) is 6.29 Å². The van der Waals surface area contributed by atoms with Gasteiger partial charge in [-0.1, -0.05) is 0 Å². The molecule has 2 fully saturated rings. The minimum Gasteiger partial charge on any atom is -0.737 e. The van der Waals surface area contributed by atoms with Crippen molar-refractivity contribution in [1.29, 1.82) is 0 Å². The van der Waals surface area contributed by atoms with Crippen molar-refractivity contribution in [1.82, 2.24) is 5.01 Å². The van der Waals surface area contributed by atoms with Gasteiger partial charge in [0.2, 0.25) is 0 Å². The normalized spacial score (nSPS) is 40.9. The summed E-state index contributed by atoms with van der Waals surface area (Å²) >= 11 is 0. The summed E-state index contributed by atoms with van der Waals surface area (Å²) in [6.07, 6.45) is -13.0. The molecule has 10 atom stereocenters. The molecule has 0 aromatic rings. The average molecular weight is 470 g/mol. The van der Waals surface area contributed by atoms with Crippen LogP contribution in [0.15, 0.2) is 5.28 Å². The molecule has 15 heteroatoms. The summed E-state index contributed by atoms with van der Waals surface area (Å²) in [5, 5.41) is 76.8. The van der Waals surface area contributed by atoms with Crippen LogP contribution in [0.2, 0.25) is 0 Å². The first-order valence-electron chi connectivity index (χ1n) is 10.1. The first-order valence-corrected chi connectivity index (χ1v) is 10.1. The lowest BCUT2D eigenvalue weighted by Gasteiger charge is -2.46. The minimum atomic E-state index is -1.65. The Morgan fingerprint density at radius 1 is 1.00 bits per heavy atom. The van der Waals surface area contributed by atoms with Crippen LogP contribution in [0.4, 0.5) is 0 Å². The number of ether oxygens (including phenoxy) is 5. The molecular weight excluding hydrogens is 438 g/mol. The fourth-order valence-electron chi connectivity index (χ4n) is 3.75. The quantitative estimate of drug-likeness (QED) is 0.120. The van der Waals surface area contributed by atoms with Gasteiger partial charge in [-0.15, -0.1) is 5.01 Å². The third kappa shape index (κ3) is 5.93. The molecule has 0 aromatic carbocycles. The van der Waals surface area contributed by atoms with Crippen LogP contribution in [0, 0.1) is 10.4 Å². The Morgan fingerprint density at radius 3 is 2.22 bits per heavy atom. The number of hydrogen-bond acceptors (Lipinski definition) is 13. The number of hydrazine groups is 1.